The second-order valence-electron chi connectivity index (χ2n) is 7.70. The topological polar surface area (TPSA) is 0 Å². The Morgan fingerprint density at radius 3 is 1.90 bits per heavy atom. The van der Waals surface area contributed by atoms with Gasteiger partial charge in [0.15, 0.2) is 0 Å². The second-order valence-corrected chi connectivity index (χ2v) is 7.70. The van der Waals surface area contributed by atoms with Crippen LogP contribution in [-0.4, -0.2) is 0 Å². The molecule has 1 aliphatic carbocycles. The van der Waals surface area contributed by atoms with E-state index in [-0.39, 0.29) is 5.41 Å². The third kappa shape index (κ3) is 2.20. The Labute approximate surface area is 171 Å². The number of rotatable bonds is 2. The van der Waals surface area contributed by atoms with Gasteiger partial charge < -0.3 is 0 Å². The highest BCUT2D eigenvalue weighted by atomic mass is 14.5. The van der Waals surface area contributed by atoms with E-state index in [1.807, 2.05) is 6.07 Å². The number of hydrogen-bond acceptors (Lipinski definition) is 0. The molecule has 0 saturated heterocycles. The molecular formula is C29H19. The third-order valence-electron chi connectivity index (χ3n) is 6.26. The minimum Gasteiger partial charge on any atom is -0.0622 e. The molecule has 0 aromatic heterocycles. The van der Waals surface area contributed by atoms with Crippen molar-refractivity contribution >= 4 is 10.8 Å². The molecule has 6 rings (SSSR count). The summed E-state index contributed by atoms with van der Waals surface area (Å²) in [5.41, 5.74) is 7.64. The van der Waals surface area contributed by atoms with Crippen molar-refractivity contribution in [1.82, 2.24) is 0 Å². The first-order chi connectivity index (χ1) is 14.4. The van der Waals surface area contributed by atoms with Gasteiger partial charge in [0.25, 0.3) is 0 Å². The standard InChI is InChI=1S/C29H19/c1-3-13-23(14-4-1)29(24-15-5-2-6-16-24)27-18-10-9-17-25(27)26-19-21-11-7-8-12-22(21)20-28(26)29/h1-7,9-20H. The van der Waals surface area contributed by atoms with Crippen molar-refractivity contribution in [3.8, 4) is 11.1 Å². The lowest BCUT2D eigenvalue weighted by molar-refractivity contribution is 0.769. The quantitative estimate of drug-likeness (QED) is 0.309. The Kier molecular flexibility index (Phi) is 3.48. The molecule has 0 fully saturated rings. The molecule has 0 N–H and O–H groups in total. The summed E-state index contributed by atoms with van der Waals surface area (Å²) >= 11 is 0. The van der Waals surface area contributed by atoms with E-state index in [9.17, 15) is 0 Å². The molecule has 0 nitrogen and oxygen atoms in total. The molecule has 5 aromatic rings. The third-order valence-corrected chi connectivity index (χ3v) is 6.26. The van der Waals surface area contributed by atoms with Crippen molar-refractivity contribution in [3.05, 3.63) is 144 Å². The fourth-order valence-corrected chi connectivity index (χ4v) is 5.07. The summed E-state index contributed by atoms with van der Waals surface area (Å²) < 4.78 is 0. The molecule has 135 valence electrons. The minimum absolute atomic E-state index is 0.321. The average molecular weight is 367 g/mol. The van der Waals surface area contributed by atoms with Crippen LogP contribution in [0.4, 0.5) is 0 Å². The lowest BCUT2D eigenvalue weighted by Gasteiger charge is -2.34. The van der Waals surface area contributed by atoms with Gasteiger partial charge in [0, 0.05) is 0 Å². The Bertz CT molecular complexity index is 1290. The Morgan fingerprint density at radius 1 is 0.517 bits per heavy atom. The molecule has 0 heterocycles. The van der Waals surface area contributed by atoms with E-state index >= 15 is 0 Å². The van der Waals surface area contributed by atoms with E-state index in [2.05, 4.69) is 115 Å². The van der Waals surface area contributed by atoms with Gasteiger partial charge in [-0.1, -0.05) is 97.1 Å². The highest BCUT2D eigenvalue weighted by Gasteiger charge is 2.45. The van der Waals surface area contributed by atoms with Crippen molar-refractivity contribution in [2.75, 3.05) is 0 Å². The van der Waals surface area contributed by atoms with E-state index in [1.54, 1.807) is 0 Å². The monoisotopic (exact) mass is 367 g/mol. The molecule has 0 amide bonds. The van der Waals surface area contributed by atoms with Gasteiger partial charge in [0.05, 0.1) is 5.41 Å². The fourth-order valence-electron chi connectivity index (χ4n) is 5.07. The largest absolute Gasteiger partial charge is 0.0713 e. The Morgan fingerprint density at radius 2 is 1.17 bits per heavy atom. The van der Waals surface area contributed by atoms with Crippen LogP contribution in [0.3, 0.4) is 0 Å². The summed E-state index contributed by atoms with van der Waals surface area (Å²) in [5, 5.41) is 2.49. The highest BCUT2D eigenvalue weighted by Crippen LogP contribution is 2.56. The van der Waals surface area contributed by atoms with Crippen LogP contribution in [0.15, 0.2) is 115 Å². The summed E-state index contributed by atoms with van der Waals surface area (Å²) in [6.07, 6.45) is 0. The molecule has 1 radical (unpaired) electrons. The van der Waals surface area contributed by atoms with Crippen LogP contribution in [0.2, 0.25) is 0 Å². The van der Waals surface area contributed by atoms with Gasteiger partial charge in [-0.05, 0) is 68.4 Å². The first-order valence-electron chi connectivity index (χ1n) is 10.0. The molecule has 0 saturated carbocycles. The maximum absolute atomic E-state index is 3.25. The molecule has 0 atom stereocenters. The number of hydrogen-bond donors (Lipinski definition) is 0. The van der Waals surface area contributed by atoms with E-state index < -0.39 is 0 Å². The summed E-state index contributed by atoms with van der Waals surface area (Å²) in [4.78, 5) is 0. The van der Waals surface area contributed by atoms with Gasteiger partial charge in [0.1, 0.15) is 0 Å². The summed E-state index contributed by atoms with van der Waals surface area (Å²) in [5.74, 6) is 0. The van der Waals surface area contributed by atoms with Gasteiger partial charge in [-0.15, -0.1) is 0 Å². The summed E-state index contributed by atoms with van der Waals surface area (Å²) in [7, 11) is 0. The average Bonchev–Trinajstić information content (AvgIpc) is 3.09. The van der Waals surface area contributed by atoms with E-state index in [1.165, 1.54) is 44.2 Å². The lowest BCUT2D eigenvalue weighted by Crippen LogP contribution is -2.28. The molecule has 0 unspecified atom stereocenters. The molecule has 0 heteroatoms. The fraction of sp³-hybridized carbons (Fsp3) is 0.0345. The van der Waals surface area contributed by atoms with Crippen LogP contribution < -0.4 is 0 Å². The normalized spacial score (nSPS) is 13.8. The lowest BCUT2D eigenvalue weighted by atomic mass is 9.67. The highest BCUT2D eigenvalue weighted by molar-refractivity contribution is 5.95. The zero-order valence-electron chi connectivity index (χ0n) is 16.0. The molecule has 29 heavy (non-hydrogen) atoms. The van der Waals surface area contributed by atoms with Gasteiger partial charge in [0.2, 0.25) is 0 Å². The van der Waals surface area contributed by atoms with E-state index in [0.717, 1.165) is 0 Å². The van der Waals surface area contributed by atoms with Crippen molar-refractivity contribution < 1.29 is 0 Å². The predicted molar refractivity (Wildman–Crippen MR) is 120 cm³/mol. The molecular weight excluding hydrogens is 348 g/mol. The predicted octanol–water partition coefficient (Wildman–Crippen LogP) is 7.00. The van der Waals surface area contributed by atoms with Gasteiger partial charge in [-0.25, -0.2) is 0 Å². The Balaban J connectivity index is 1.83. The molecule has 5 aromatic carbocycles. The van der Waals surface area contributed by atoms with E-state index in [4.69, 9.17) is 0 Å². The van der Waals surface area contributed by atoms with Crippen molar-refractivity contribution in [2.24, 2.45) is 0 Å². The van der Waals surface area contributed by atoms with Crippen LogP contribution in [0.5, 0.6) is 0 Å². The van der Waals surface area contributed by atoms with E-state index in [0.29, 0.717) is 0 Å². The van der Waals surface area contributed by atoms with Gasteiger partial charge in [-0.2, -0.15) is 0 Å². The molecule has 0 bridgehead atoms. The van der Waals surface area contributed by atoms with Gasteiger partial charge >= 0.3 is 0 Å². The molecule has 0 spiro atoms. The number of benzene rings is 5. The van der Waals surface area contributed by atoms with Crippen molar-refractivity contribution in [3.63, 3.8) is 0 Å². The van der Waals surface area contributed by atoms with Gasteiger partial charge in [-0.3, -0.25) is 0 Å². The second kappa shape index (κ2) is 6.18. The summed E-state index contributed by atoms with van der Waals surface area (Å²) in [6, 6.07) is 45.0. The zero-order chi connectivity index (χ0) is 19.3. The van der Waals surface area contributed by atoms with Crippen LogP contribution in [-0.2, 0) is 5.41 Å². The minimum atomic E-state index is -0.321. The maximum Gasteiger partial charge on any atom is 0.0713 e. The van der Waals surface area contributed by atoms with Crippen molar-refractivity contribution in [1.29, 1.82) is 0 Å². The van der Waals surface area contributed by atoms with Crippen LogP contribution in [0, 0.1) is 6.07 Å². The van der Waals surface area contributed by atoms with Crippen LogP contribution >= 0.6 is 0 Å². The Hall–Kier alpha value is -3.64. The van der Waals surface area contributed by atoms with Crippen LogP contribution in [0.1, 0.15) is 22.3 Å². The maximum atomic E-state index is 3.25. The zero-order valence-corrected chi connectivity index (χ0v) is 16.0. The smallest absolute Gasteiger partial charge is 0.0622 e. The first-order valence-corrected chi connectivity index (χ1v) is 10.0. The molecule has 0 aliphatic heterocycles. The van der Waals surface area contributed by atoms with Crippen molar-refractivity contribution in [2.45, 2.75) is 5.41 Å². The summed E-state index contributed by atoms with van der Waals surface area (Å²) in [6.45, 7) is 0. The number of fused-ring (bicyclic) bond motifs is 4. The molecule has 1 aliphatic rings. The van der Waals surface area contributed by atoms with Crippen LogP contribution in [0.25, 0.3) is 21.9 Å². The first kappa shape index (κ1) is 16.3. The SMILES string of the molecule is [c]1ccc2cc3c(cc2c1)C(c1ccccc1)(c1ccccc1)c1ccccc1-3.